The first-order chi connectivity index (χ1) is 9.56. The molecule has 0 aromatic rings. The maximum absolute atomic E-state index is 11.6. The number of hydrogen-bond donors (Lipinski definition) is 0. The Bertz CT molecular complexity index is 326. The van der Waals surface area contributed by atoms with Crippen LogP contribution in [0.5, 0.6) is 0 Å². The molecule has 0 atom stereocenters. The normalized spacial score (nSPS) is 11.1. The number of esters is 2. The van der Waals surface area contributed by atoms with Gasteiger partial charge < -0.3 is 14.4 Å². The molecule has 0 saturated heterocycles. The van der Waals surface area contributed by atoms with Crippen molar-refractivity contribution in [3.8, 4) is 0 Å². The molecule has 0 heterocycles. The van der Waals surface area contributed by atoms with Crippen LogP contribution in [-0.2, 0) is 19.1 Å². The number of nitrogens with zero attached hydrogens (tertiary/aromatic N) is 1. The fourth-order valence-corrected chi connectivity index (χ4v) is 1.85. The zero-order chi connectivity index (χ0) is 15.4. The van der Waals surface area contributed by atoms with Gasteiger partial charge in [0.1, 0.15) is 5.70 Å². The lowest BCUT2D eigenvalue weighted by Gasteiger charge is -2.20. The molecule has 0 aliphatic carbocycles. The molecule has 0 aliphatic heterocycles. The van der Waals surface area contributed by atoms with Crippen molar-refractivity contribution in [2.45, 2.75) is 45.4 Å². The van der Waals surface area contributed by atoms with Gasteiger partial charge in [-0.15, -0.1) is 0 Å². The molecule has 0 unspecified atom stereocenters. The molecule has 0 saturated carbocycles. The summed E-state index contributed by atoms with van der Waals surface area (Å²) in [5, 5.41) is 0. The summed E-state index contributed by atoms with van der Waals surface area (Å²) in [7, 11) is 4.35. The minimum atomic E-state index is -0.555. The predicted molar refractivity (Wildman–Crippen MR) is 78.1 cm³/mol. The highest BCUT2D eigenvalue weighted by Gasteiger charge is 2.16. The van der Waals surface area contributed by atoms with Gasteiger partial charge in [0.15, 0.2) is 0 Å². The Hall–Kier alpha value is -1.52. The van der Waals surface area contributed by atoms with Gasteiger partial charge in [-0.2, -0.15) is 0 Å². The van der Waals surface area contributed by atoms with Crippen LogP contribution in [0.3, 0.4) is 0 Å². The highest BCUT2D eigenvalue weighted by Crippen LogP contribution is 2.09. The third kappa shape index (κ3) is 7.81. The third-order valence-electron chi connectivity index (χ3n) is 3.11. The Morgan fingerprint density at radius 3 is 2.15 bits per heavy atom. The lowest BCUT2D eigenvalue weighted by Crippen LogP contribution is -2.26. The lowest BCUT2D eigenvalue weighted by atomic mass is 10.1. The van der Waals surface area contributed by atoms with Gasteiger partial charge in [-0.25, -0.2) is 9.59 Å². The SMILES string of the molecule is CCCCCCCCN(C)/C(=C/C(=O)OC)C(=O)OC. The van der Waals surface area contributed by atoms with Crippen molar-refractivity contribution in [1.29, 1.82) is 0 Å². The summed E-state index contributed by atoms with van der Waals surface area (Å²) in [6.45, 7) is 2.90. The van der Waals surface area contributed by atoms with E-state index in [0.29, 0.717) is 6.54 Å². The van der Waals surface area contributed by atoms with Crippen LogP contribution in [0.2, 0.25) is 0 Å². The average molecular weight is 285 g/mol. The zero-order valence-electron chi connectivity index (χ0n) is 13.1. The molecule has 20 heavy (non-hydrogen) atoms. The minimum absolute atomic E-state index is 0.230. The first-order valence-electron chi connectivity index (χ1n) is 7.15. The first-order valence-corrected chi connectivity index (χ1v) is 7.15. The van der Waals surface area contributed by atoms with E-state index in [1.54, 1.807) is 11.9 Å². The summed E-state index contributed by atoms with van der Waals surface area (Å²) in [6, 6.07) is 0. The molecular formula is C15H27NO4. The van der Waals surface area contributed by atoms with Gasteiger partial charge in [-0.1, -0.05) is 39.0 Å². The van der Waals surface area contributed by atoms with E-state index in [4.69, 9.17) is 0 Å². The van der Waals surface area contributed by atoms with Crippen molar-refractivity contribution in [3.63, 3.8) is 0 Å². The summed E-state index contributed by atoms with van der Waals surface area (Å²) >= 11 is 0. The number of rotatable bonds is 10. The van der Waals surface area contributed by atoms with Crippen LogP contribution in [0.1, 0.15) is 45.4 Å². The molecule has 0 radical (unpaired) electrons. The molecule has 5 nitrogen and oxygen atoms in total. The molecule has 0 rings (SSSR count). The molecule has 0 spiro atoms. The van der Waals surface area contributed by atoms with Gasteiger partial charge in [-0.05, 0) is 6.42 Å². The summed E-state index contributed by atoms with van der Waals surface area (Å²) < 4.78 is 9.23. The highest BCUT2D eigenvalue weighted by molar-refractivity contribution is 5.95. The van der Waals surface area contributed by atoms with Crippen LogP contribution >= 0.6 is 0 Å². The zero-order valence-corrected chi connectivity index (χ0v) is 13.1. The number of unbranched alkanes of at least 4 members (excludes halogenated alkanes) is 5. The Morgan fingerprint density at radius 2 is 1.60 bits per heavy atom. The Morgan fingerprint density at radius 1 is 1.00 bits per heavy atom. The van der Waals surface area contributed by atoms with Crippen LogP contribution in [0, 0.1) is 0 Å². The second kappa shape index (κ2) is 11.3. The van der Waals surface area contributed by atoms with Gasteiger partial charge in [0.25, 0.3) is 0 Å². The van der Waals surface area contributed by atoms with Gasteiger partial charge in [0.2, 0.25) is 0 Å². The van der Waals surface area contributed by atoms with E-state index in [0.717, 1.165) is 12.8 Å². The van der Waals surface area contributed by atoms with E-state index in [2.05, 4.69) is 16.4 Å². The summed E-state index contributed by atoms with van der Waals surface area (Å²) in [6.07, 6.45) is 8.23. The molecule has 0 aromatic carbocycles. The summed E-state index contributed by atoms with van der Waals surface area (Å²) in [4.78, 5) is 24.6. The number of hydrogen-bond acceptors (Lipinski definition) is 5. The van der Waals surface area contributed by atoms with Crippen LogP contribution < -0.4 is 0 Å². The van der Waals surface area contributed by atoms with Crippen molar-refractivity contribution in [3.05, 3.63) is 11.8 Å². The summed E-state index contributed by atoms with van der Waals surface area (Å²) in [5.41, 5.74) is 0.230. The van der Waals surface area contributed by atoms with Gasteiger partial charge in [0, 0.05) is 13.6 Å². The molecule has 116 valence electrons. The molecule has 5 heteroatoms. The van der Waals surface area contributed by atoms with Crippen molar-refractivity contribution in [1.82, 2.24) is 4.90 Å². The smallest absolute Gasteiger partial charge is 0.354 e. The fraction of sp³-hybridized carbons (Fsp3) is 0.733. The van der Waals surface area contributed by atoms with Gasteiger partial charge >= 0.3 is 11.9 Å². The van der Waals surface area contributed by atoms with E-state index in [9.17, 15) is 9.59 Å². The number of carbonyl (C=O) groups is 2. The van der Waals surface area contributed by atoms with Crippen molar-refractivity contribution >= 4 is 11.9 Å². The largest absolute Gasteiger partial charge is 0.466 e. The van der Waals surface area contributed by atoms with Crippen LogP contribution in [-0.4, -0.2) is 44.7 Å². The van der Waals surface area contributed by atoms with Crippen LogP contribution in [0.15, 0.2) is 11.8 Å². The van der Waals surface area contributed by atoms with E-state index in [1.807, 2.05) is 0 Å². The molecule has 0 aromatic heterocycles. The first kappa shape index (κ1) is 18.5. The molecule has 0 fully saturated rings. The third-order valence-corrected chi connectivity index (χ3v) is 3.11. The maximum atomic E-state index is 11.6. The van der Waals surface area contributed by atoms with Crippen LogP contribution in [0.4, 0.5) is 0 Å². The van der Waals surface area contributed by atoms with E-state index in [-0.39, 0.29) is 5.70 Å². The molecule has 0 amide bonds. The second-order valence-corrected chi connectivity index (χ2v) is 4.73. The maximum Gasteiger partial charge on any atom is 0.354 e. The Balaban J connectivity index is 4.28. The van der Waals surface area contributed by atoms with Crippen molar-refractivity contribution < 1.29 is 19.1 Å². The average Bonchev–Trinajstić information content (AvgIpc) is 2.46. The fourth-order valence-electron chi connectivity index (χ4n) is 1.85. The number of methoxy groups -OCH3 is 2. The molecule has 0 N–H and O–H groups in total. The van der Waals surface area contributed by atoms with Gasteiger partial charge in [0.05, 0.1) is 20.3 Å². The predicted octanol–water partition coefficient (Wildman–Crippen LogP) is 2.51. The quantitative estimate of drug-likeness (QED) is 0.351. The van der Waals surface area contributed by atoms with E-state index >= 15 is 0 Å². The lowest BCUT2D eigenvalue weighted by molar-refractivity contribution is -0.139. The van der Waals surface area contributed by atoms with Crippen molar-refractivity contribution in [2.24, 2.45) is 0 Å². The number of carbonyl (C=O) groups excluding carboxylic acids is 2. The van der Waals surface area contributed by atoms with Gasteiger partial charge in [-0.3, -0.25) is 0 Å². The van der Waals surface area contributed by atoms with E-state index < -0.39 is 11.9 Å². The summed E-state index contributed by atoms with van der Waals surface area (Å²) in [5.74, 6) is -1.08. The van der Waals surface area contributed by atoms with Crippen LogP contribution in [0.25, 0.3) is 0 Å². The van der Waals surface area contributed by atoms with Crippen molar-refractivity contribution in [2.75, 3.05) is 27.8 Å². The molecule has 0 bridgehead atoms. The minimum Gasteiger partial charge on any atom is -0.466 e. The second-order valence-electron chi connectivity index (χ2n) is 4.73. The Kier molecular flexibility index (Phi) is 10.5. The van der Waals surface area contributed by atoms with E-state index in [1.165, 1.54) is 46.0 Å². The topological polar surface area (TPSA) is 55.8 Å². The highest BCUT2D eigenvalue weighted by atomic mass is 16.5. The Labute approximate surface area is 121 Å². The number of likely N-dealkylation sites (N-methyl/N-ethyl adjacent to an activating group) is 1. The molecule has 0 aliphatic rings. The monoisotopic (exact) mass is 285 g/mol. The molecular weight excluding hydrogens is 258 g/mol. The number of ether oxygens (including phenoxy) is 2. The standard InChI is InChI=1S/C15H27NO4/c1-5-6-7-8-9-10-11-16(2)13(15(18)20-4)12-14(17)19-3/h12H,5-11H2,1-4H3/b13-12+.